The number of aryl methyl sites for hydroxylation is 2. The molecular weight excluding hydrogens is 262 g/mol. The Morgan fingerprint density at radius 1 is 0.762 bits per heavy atom. The van der Waals surface area contributed by atoms with Gasteiger partial charge in [-0.3, -0.25) is 0 Å². The largest absolute Gasteiger partial charge is 0.508 e. The molecule has 21 heavy (non-hydrogen) atoms. The SMILES string of the molecule is Nc1cccc2c(CCc3cc(O)ccc3O)cccc12. The van der Waals surface area contributed by atoms with E-state index in [1.54, 1.807) is 6.07 Å². The lowest BCUT2D eigenvalue weighted by Gasteiger charge is -2.09. The average molecular weight is 279 g/mol. The predicted molar refractivity (Wildman–Crippen MR) is 85.5 cm³/mol. The van der Waals surface area contributed by atoms with Crippen molar-refractivity contribution in [2.75, 3.05) is 5.73 Å². The number of anilines is 1. The van der Waals surface area contributed by atoms with Crippen LogP contribution in [0.15, 0.2) is 54.6 Å². The van der Waals surface area contributed by atoms with Crippen LogP contribution in [0.3, 0.4) is 0 Å². The molecule has 0 unspecified atom stereocenters. The molecule has 0 spiro atoms. The van der Waals surface area contributed by atoms with Crippen LogP contribution in [0.1, 0.15) is 11.1 Å². The smallest absolute Gasteiger partial charge is 0.119 e. The zero-order valence-corrected chi connectivity index (χ0v) is 11.6. The first-order valence-corrected chi connectivity index (χ1v) is 6.92. The Morgan fingerprint density at radius 2 is 1.48 bits per heavy atom. The summed E-state index contributed by atoms with van der Waals surface area (Å²) in [6.45, 7) is 0. The van der Waals surface area contributed by atoms with E-state index >= 15 is 0 Å². The Morgan fingerprint density at radius 3 is 2.33 bits per heavy atom. The van der Waals surface area contributed by atoms with Crippen LogP contribution in [0, 0.1) is 0 Å². The molecule has 0 bridgehead atoms. The molecule has 0 aliphatic heterocycles. The van der Waals surface area contributed by atoms with Crippen molar-refractivity contribution in [3.8, 4) is 11.5 Å². The summed E-state index contributed by atoms with van der Waals surface area (Å²) in [5.41, 5.74) is 8.71. The minimum Gasteiger partial charge on any atom is -0.508 e. The lowest BCUT2D eigenvalue weighted by molar-refractivity contribution is 0.454. The molecule has 0 aliphatic rings. The van der Waals surface area contributed by atoms with Crippen molar-refractivity contribution in [1.29, 1.82) is 0 Å². The average Bonchev–Trinajstić information content (AvgIpc) is 2.49. The Balaban J connectivity index is 1.92. The van der Waals surface area contributed by atoms with Crippen LogP contribution in [-0.4, -0.2) is 10.2 Å². The molecule has 0 radical (unpaired) electrons. The number of phenolic OH excluding ortho intramolecular Hbond substituents is 2. The molecule has 3 rings (SSSR count). The van der Waals surface area contributed by atoms with E-state index < -0.39 is 0 Å². The molecular formula is C18H17NO2. The van der Waals surface area contributed by atoms with Gasteiger partial charge in [-0.1, -0.05) is 30.3 Å². The summed E-state index contributed by atoms with van der Waals surface area (Å²) >= 11 is 0. The molecule has 0 saturated heterocycles. The van der Waals surface area contributed by atoms with Crippen molar-refractivity contribution in [3.05, 3.63) is 65.7 Å². The highest BCUT2D eigenvalue weighted by Crippen LogP contribution is 2.27. The number of aromatic hydroxyl groups is 2. The summed E-state index contributed by atoms with van der Waals surface area (Å²) in [6.07, 6.45) is 1.44. The summed E-state index contributed by atoms with van der Waals surface area (Å²) in [4.78, 5) is 0. The molecule has 3 nitrogen and oxygen atoms in total. The lowest BCUT2D eigenvalue weighted by Crippen LogP contribution is -1.95. The number of nitrogen functional groups attached to an aromatic ring is 1. The van der Waals surface area contributed by atoms with Crippen LogP contribution in [0.25, 0.3) is 10.8 Å². The molecule has 3 aromatic carbocycles. The molecule has 3 aromatic rings. The van der Waals surface area contributed by atoms with E-state index in [0.717, 1.165) is 28.4 Å². The number of phenols is 2. The monoisotopic (exact) mass is 279 g/mol. The maximum absolute atomic E-state index is 9.84. The van der Waals surface area contributed by atoms with Crippen LogP contribution in [0.5, 0.6) is 11.5 Å². The van der Waals surface area contributed by atoms with E-state index in [0.29, 0.717) is 6.42 Å². The second-order valence-corrected chi connectivity index (χ2v) is 5.17. The number of hydrogen-bond acceptors (Lipinski definition) is 3. The van der Waals surface area contributed by atoms with Crippen molar-refractivity contribution in [1.82, 2.24) is 0 Å². The quantitative estimate of drug-likeness (QED) is 0.507. The summed E-state index contributed by atoms with van der Waals surface area (Å²) in [5.74, 6) is 0.387. The summed E-state index contributed by atoms with van der Waals surface area (Å²) in [7, 11) is 0. The third-order valence-corrected chi connectivity index (χ3v) is 3.77. The maximum Gasteiger partial charge on any atom is 0.119 e. The fourth-order valence-corrected chi connectivity index (χ4v) is 2.66. The standard InChI is InChI=1S/C18H17NO2/c19-17-6-2-4-15-12(3-1-5-16(15)17)7-8-13-11-14(20)9-10-18(13)21/h1-6,9-11,20-21H,7-8,19H2. The van der Waals surface area contributed by atoms with Gasteiger partial charge in [-0.15, -0.1) is 0 Å². The van der Waals surface area contributed by atoms with Crippen molar-refractivity contribution in [2.24, 2.45) is 0 Å². The number of benzene rings is 3. The zero-order chi connectivity index (χ0) is 14.8. The van der Waals surface area contributed by atoms with E-state index in [4.69, 9.17) is 5.73 Å². The number of fused-ring (bicyclic) bond motifs is 1. The highest BCUT2D eigenvalue weighted by molar-refractivity contribution is 5.94. The molecule has 0 heterocycles. The van der Waals surface area contributed by atoms with Crippen LogP contribution in [0.4, 0.5) is 5.69 Å². The first-order valence-electron chi connectivity index (χ1n) is 6.92. The second kappa shape index (κ2) is 5.37. The molecule has 3 heteroatoms. The van der Waals surface area contributed by atoms with Gasteiger partial charge in [0.1, 0.15) is 11.5 Å². The van der Waals surface area contributed by atoms with E-state index in [1.165, 1.54) is 17.7 Å². The van der Waals surface area contributed by atoms with Gasteiger partial charge in [-0.25, -0.2) is 0 Å². The Kier molecular flexibility index (Phi) is 3.40. The van der Waals surface area contributed by atoms with E-state index in [9.17, 15) is 10.2 Å². The molecule has 0 saturated carbocycles. The van der Waals surface area contributed by atoms with Crippen molar-refractivity contribution < 1.29 is 10.2 Å². The van der Waals surface area contributed by atoms with Crippen LogP contribution in [0.2, 0.25) is 0 Å². The zero-order valence-electron chi connectivity index (χ0n) is 11.6. The Bertz CT molecular complexity index is 796. The molecule has 4 N–H and O–H groups in total. The fraction of sp³-hybridized carbons (Fsp3) is 0.111. The van der Waals surface area contributed by atoms with Gasteiger partial charge in [0, 0.05) is 11.1 Å². The van der Waals surface area contributed by atoms with Gasteiger partial charge in [-0.2, -0.15) is 0 Å². The van der Waals surface area contributed by atoms with Gasteiger partial charge in [0.15, 0.2) is 0 Å². The van der Waals surface area contributed by atoms with Crippen molar-refractivity contribution in [2.45, 2.75) is 12.8 Å². The third kappa shape index (κ3) is 2.63. The first kappa shape index (κ1) is 13.3. The van der Waals surface area contributed by atoms with Crippen molar-refractivity contribution >= 4 is 16.5 Å². The van der Waals surface area contributed by atoms with Crippen molar-refractivity contribution in [3.63, 3.8) is 0 Å². The Labute approximate surface area is 123 Å². The van der Waals surface area contributed by atoms with Crippen LogP contribution >= 0.6 is 0 Å². The highest BCUT2D eigenvalue weighted by Gasteiger charge is 2.06. The summed E-state index contributed by atoms with van der Waals surface area (Å²) in [5, 5.41) is 21.5. The normalized spacial score (nSPS) is 10.9. The van der Waals surface area contributed by atoms with E-state index in [1.807, 2.05) is 24.3 Å². The van der Waals surface area contributed by atoms with Crippen LogP contribution in [-0.2, 0) is 12.8 Å². The lowest BCUT2D eigenvalue weighted by atomic mass is 9.97. The minimum absolute atomic E-state index is 0.171. The van der Waals surface area contributed by atoms with E-state index in [-0.39, 0.29) is 11.5 Å². The number of rotatable bonds is 3. The molecule has 0 aromatic heterocycles. The minimum atomic E-state index is 0.171. The number of nitrogens with two attached hydrogens (primary N) is 1. The number of hydrogen-bond donors (Lipinski definition) is 3. The van der Waals surface area contributed by atoms with Gasteiger partial charge in [-0.05, 0) is 53.6 Å². The van der Waals surface area contributed by atoms with Gasteiger partial charge < -0.3 is 15.9 Å². The van der Waals surface area contributed by atoms with E-state index in [2.05, 4.69) is 12.1 Å². The predicted octanol–water partition coefficient (Wildman–Crippen LogP) is 3.62. The van der Waals surface area contributed by atoms with Gasteiger partial charge in [0.25, 0.3) is 0 Å². The molecule has 106 valence electrons. The molecule has 0 fully saturated rings. The summed E-state index contributed by atoms with van der Waals surface area (Å²) in [6, 6.07) is 16.6. The molecule has 0 aliphatic carbocycles. The van der Waals surface area contributed by atoms with Crippen LogP contribution < -0.4 is 5.73 Å². The highest BCUT2D eigenvalue weighted by atomic mass is 16.3. The summed E-state index contributed by atoms with van der Waals surface area (Å²) < 4.78 is 0. The van der Waals surface area contributed by atoms with Gasteiger partial charge >= 0.3 is 0 Å². The molecule has 0 atom stereocenters. The maximum atomic E-state index is 9.84. The molecule has 0 amide bonds. The topological polar surface area (TPSA) is 66.5 Å². The third-order valence-electron chi connectivity index (χ3n) is 3.77. The fourth-order valence-electron chi connectivity index (χ4n) is 2.66. The first-order chi connectivity index (χ1) is 10.1. The Hall–Kier alpha value is -2.68. The second-order valence-electron chi connectivity index (χ2n) is 5.17. The van der Waals surface area contributed by atoms with Gasteiger partial charge in [0.2, 0.25) is 0 Å². The van der Waals surface area contributed by atoms with Gasteiger partial charge in [0.05, 0.1) is 0 Å².